The van der Waals surface area contributed by atoms with Crippen LogP contribution >= 0.6 is 11.3 Å². The van der Waals surface area contributed by atoms with E-state index in [-0.39, 0.29) is 17.2 Å². The highest BCUT2D eigenvalue weighted by molar-refractivity contribution is 7.17. The second kappa shape index (κ2) is 6.03. The third kappa shape index (κ3) is 2.55. The Balaban J connectivity index is 2.37. The van der Waals surface area contributed by atoms with E-state index in [0.29, 0.717) is 32.3 Å². The van der Waals surface area contributed by atoms with Crippen LogP contribution < -0.4 is 11.1 Å². The number of nitrogens with two attached hydrogens (primary N) is 1. The van der Waals surface area contributed by atoms with E-state index in [9.17, 15) is 20.2 Å². The maximum atomic E-state index is 12.3. The van der Waals surface area contributed by atoms with Gasteiger partial charge < -0.3 is 11.1 Å². The van der Waals surface area contributed by atoms with Crippen LogP contribution in [0.3, 0.4) is 0 Å². The van der Waals surface area contributed by atoms with Gasteiger partial charge in [0.15, 0.2) is 5.78 Å². The second-order valence-corrected chi connectivity index (χ2v) is 6.69. The van der Waals surface area contributed by atoms with Crippen molar-refractivity contribution >= 4 is 33.5 Å². The van der Waals surface area contributed by atoms with E-state index in [1.807, 2.05) is 6.07 Å². The molecule has 0 spiro atoms. The molecule has 2 heterocycles. The lowest BCUT2D eigenvalue weighted by molar-refractivity contribution is -0.385. The molecule has 7 nitrogen and oxygen atoms in total. The molecular formula is C17H14N4O3S. The Bertz CT molecular complexity index is 984. The van der Waals surface area contributed by atoms with Gasteiger partial charge in [0.2, 0.25) is 0 Å². The molecule has 1 aliphatic heterocycles. The van der Waals surface area contributed by atoms with Gasteiger partial charge in [-0.25, -0.2) is 0 Å². The van der Waals surface area contributed by atoms with Crippen LogP contribution in [0.15, 0.2) is 35.5 Å². The van der Waals surface area contributed by atoms with E-state index in [1.165, 1.54) is 24.3 Å². The third-order valence-corrected chi connectivity index (χ3v) is 5.23. The first-order valence-corrected chi connectivity index (χ1v) is 8.22. The average Bonchev–Trinajstić information content (AvgIpc) is 2.88. The molecule has 0 saturated carbocycles. The number of nitrogens with zero attached hydrogens (tertiary/aromatic N) is 2. The Morgan fingerprint density at radius 2 is 2.12 bits per heavy atom. The summed E-state index contributed by atoms with van der Waals surface area (Å²) in [5, 5.41) is 24.5. The highest BCUT2D eigenvalue weighted by Gasteiger charge is 2.37. The van der Waals surface area contributed by atoms with Crippen molar-refractivity contribution in [3.05, 3.63) is 61.7 Å². The number of allylic oxidation sites excluding steroid dienone is 2. The molecule has 1 atom stereocenters. The Kier molecular flexibility index (Phi) is 4.02. The van der Waals surface area contributed by atoms with E-state index in [4.69, 9.17) is 5.73 Å². The number of rotatable bonds is 3. The van der Waals surface area contributed by atoms with Crippen molar-refractivity contribution in [2.75, 3.05) is 11.1 Å². The average molecular weight is 354 g/mol. The van der Waals surface area contributed by atoms with Gasteiger partial charge in [0.25, 0.3) is 5.69 Å². The van der Waals surface area contributed by atoms with E-state index < -0.39 is 10.8 Å². The number of thiophene rings is 1. The minimum Gasteiger partial charge on any atom is -0.397 e. The van der Waals surface area contributed by atoms with Gasteiger partial charge in [-0.2, -0.15) is 5.26 Å². The number of nitriles is 1. The number of carbonyl (C=O) groups excluding carboxylic acids is 1. The van der Waals surface area contributed by atoms with Crippen LogP contribution in [-0.2, 0) is 4.79 Å². The van der Waals surface area contributed by atoms with Crippen LogP contribution in [0.4, 0.5) is 16.4 Å². The molecule has 0 aliphatic carbocycles. The zero-order valence-corrected chi connectivity index (χ0v) is 14.3. The molecule has 0 amide bonds. The van der Waals surface area contributed by atoms with E-state index in [1.54, 1.807) is 25.1 Å². The maximum absolute atomic E-state index is 12.3. The topological polar surface area (TPSA) is 122 Å². The van der Waals surface area contributed by atoms with Crippen molar-refractivity contribution in [3.63, 3.8) is 0 Å². The number of nitro benzene ring substituents is 1. The zero-order valence-electron chi connectivity index (χ0n) is 13.5. The summed E-state index contributed by atoms with van der Waals surface area (Å²) in [4.78, 5) is 23.6. The number of carbonyl (C=O) groups is 1. The fraction of sp³-hybridized carbons (Fsp3) is 0.176. The van der Waals surface area contributed by atoms with Crippen LogP contribution in [0.5, 0.6) is 0 Å². The number of hydrogen-bond acceptors (Lipinski definition) is 7. The summed E-state index contributed by atoms with van der Waals surface area (Å²) in [6.45, 7) is 3.16. The Labute approximate surface area is 147 Å². The number of ketones is 1. The van der Waals surface area contributed by atoms with Crippen molar-refractivity contribution in [1.82, 2.24) is 0 Å². The maximum Gasteiger partial charge on any atom is 0.273 e. The molecule has 0 saturated heterocycles. The first kappa shape index (κ1) is 16.7. The van der Waals surface area contributed by atoms with Gasteiger partial charge in [-0.3, -0.25) is 14.9 Å². The van der Waals surface area contributed by atoms with Crippen LogP contribution in [0.25, 0.3) is 0 Å². The zero-order chi connectivity index (χ0) is 18.3. The quantitative estimate of drug-likeness (QED) is 0.642. The monoisotopic (exact) mass is 354 g/mol. The fourth-order valence-electron chi connectivity index (χ4n) is 3.19. The van der Waals surface area contributed by atoms with Crippen molar-refractivity contribution in [2.45, 2.75) is 19.8 Å². The molecule has 0 fully saturated rings. The number of Topliss-reactive ketones (excluding diaryl/α,β-unsaturated/α-hetero) is 1. The molecule has 25 heavy (non-hydrogen) atoms. The standard InChI is InChI=1S/C17H14N4O3S/c1-8-13(9(2)22)14(10-5-3-4-6-11(10)21(23)24)15-16(19)12(7-18)25-17(15)20-8/h3-6,14,20H,19H2,1-2H3/t14-/m0/s1. The number of nitro groups is 1. The summed E-state index contributed by atoms with van der Waals surface area (Å²) in [5.74, 6) is -0.892. The van der Waals surface area contributed by atoms with Crippen LogP contribution in [-0.4, -0.2) is 10.7 Å². The van der Waals surface area contributed by atoms with Crippen LogP contribution in [0, 0.1) is 21.4 Å². The van der Waals surface area contributed by atoms with E-state index in [2.05, 4.69) is 5.32 Å². The molecule has 126 valence electrons. The van der Waals surface area contributed by atoms with Gasteiger partial charge in [-0.1, -0.05) is 18.2 Å². The number of para-hydroxylation sites is 1. The minimum atomic E-state index is -0.686. The van der Waals surface area contributed by atoms with Crippen LogP contribution in [0.2, 0.25) is 0 Å². The Hall–Kier alpha value is -3.18. The molecule has 3 N–H and O–H groups in total. The van der Waals surface area contributed by atoms with Crippen molar-refractivity contribution < 1.29 is 9.72 Å². The normalized spacial score (nSPS) is 16.0. The van der Waals surface area contributed by atoms with Crippen LogP contribution in [0.1, 0.15) is 35.8 Å². The minimum absolute atomic E-state index is 0.0870. The van der Waals surface area contributed by atoms with Gasteiger partial charge in [-0.15, -0.1) is 11.3 Å². The van der Waals surface area contributed by atoms with Gasteiger partial charge in [-0.05, 0) is 13.8 Å². The second-order valence-electron chi connectivity index (χ2n) is 5.67. The number of benzene rings is 1. The van der Waals surface area contributed by atoms with Gasteiger partial charge in [0.1, 0.15) is 15.9 Å². The number of hydrogen-bond donors (Lipinski definition) is 2. The third-order valence-electron chi connectivity index (χ3n) is 4.19. The van der Waals surface area contributed by atoms with Crippen molar-refractivity contribution in [2.24, 2.45) is 0 Å². The van der Waals surface area contributed by atoms with Crippen molar-refractivity contribution in [3.8, 4) is 6.07 Å². The molecular weight excluding hydrogens is 340 g/mol. The SMILES string of the molecule is CC(=O)C1=C(C)Nc2sc(C#N)c(N)c2[C@H]1c1ccccc1[N+](=O)[O-]. The lowest BCUT2D eigenvalue weighted by Gasteiger charge is -2.28. The molecule has 1 aromatic carbocycles. The Morgan fingerprint density at radius 3 is 2.72 bits per heavy atom. The van der Waals surface area contributed by atoms with Crippen molar-refractivity contribution in [1.29, 1.82) is 5.26 Å². The highest BCUT2D eigenvalue weighted by Crippen LogP contribution is 2.51. The molecule has 1 aliphatic rings. The molecule has 1 aromatic heterocycles. The molecule has 0 radical (unpaired) electrons. The first-order chi connectivity index (χ1) is 11.9. The molecule has 3 rings (SSSR count). The Morgan fingerprint density at radius 1 is 1.44 bits per heavy atom. The molecule has 0 unspecified atom stereocenters. The summed E-state index contributed by atoms with van der Waals surface area (Å²) >= 11 is 1.18. The summed E-state index contributed by atoms with van der Waals surface area (Å²) < 4.78 is 0. The largest absolute Gasteiger partial charge is 0.397 e. The lowest BCUT2D eigenvalue weighted by Crippen LogP contribution is -2.22. The summed E-state index contributed by atoms with van der Waals surface area (Å²) in [6, 6.07) is 8.32. The predicted octanol–water partition coefficient (Wildman–Crippen LogP) is 3.53. The van der Waals surface area contributed by atoms with E-state index in [0.717, 1.165) is 0 Å². The summed E-state index contributed by atoms with van der Waals surface area (Å²) in [6.07, 6.45) is 0. The lowest BCUT2D eigenvalue weighted by atomic mass is 9.80. The van der Waals surface area contributed by atoms with Gasteiger partial charge in [0.05, 0.1) is 16.5 Å². The molecule has 8 heteroatoms. The summed E-state index contributed by atoms with van der Waals surface area (Å²) in [5.41, 5.74) is 8.26. The number of nitrogen functional groups attached to an aromatic ring is 1. The number of fused-ring (bicyclic) bond motifs is 1. The number of nitrogens with one attached hydrogen (secondary N) is 1. The van der Waals surface area contributed by atoms with Gasteiger partial charge in [0, 0.05) is 28.5 Å². The van der Waals surface area contributed by atoms with E-state index >= 15 is 0 Å². The summed E-state index contributed by atoms with van der Waals surface area (Å²) in [7, 11) is 0. The molecule has 2 aromatic rings. The smallest absolute Gasteiger partial charge is 0.273 e. The number of anilines is 2. The molecule has 0 bridgehead atoms. The first-order valence-electron chi connectivity index (χ1n) is 7.41. The predicted molar refractivity (Wildman–Crippen MR) is 95.4 cm³/mol. The highest BCUT2D eigenvalue weighted by atomic mass is 32.1. The van der Waals surface area contributed by atoms with Gasteiger partial charge >= 0.3 is 0 Å². The fourth-order valence-corrected chi connectivity index (χ4v) is 4.21.